The van der Waals surface area contributed by atoms with Gasteiger partial charge in [0.1, 0.15) is 0 Å². The zero-order valence-corrected chi connectivity index (χ0v) is 10.2. The van der Waals surface area contributed by atoms with Crippen molar-refractivity contribution in [3.05, 3.63) is 0 Å². The van der Waals surface area contributed by atoms with Crippen LogP contribution in [0.2, 0.25) is 0 Å². The first kappa shape index (κ1) is 14.8. The summed E-state index contributed by atoms with van der Waals surface area (Å²) in [6.45, 7) is 6.38. The van der Waals surface area contributed by atoms with Crippen LogP contribution < -0.4 is 0 Å². The Morgan fingerprint density at radius 3 is 2.07 bits per heavy atom. The van der Waals surface area contributed by atoms with Crippen LogP contribution in [-0.2, 0) is 0 Å². The Hall–Kier alpha value is -0.210. The van der Waals surface area contributed by atoms with E-state index in [0.29, 0.717) is 13.3 Å². The normalized spacial score (nSPS) is 18.6. The maximum atomic E-state index is 13.5. The first-order valence-electron chi connectivity index (χ1n) is 5.86. The molecule has 0 aliphatic heterocycles. The standard InChI is InChI=1S/C12H23F3/c1-5-7-8-9(3)10(6-2)11(13)12(4,14)15/h9-11H,5-8H2,1-4H3/t9?,10-,11?/m1/s1. The van der Waals surface area contributed by atoms with Crippen molar-refractivity contribution in [2.45, 2.75) is 65.5 Å². The number of rotatable bonds is 7. The molecule has 0 fully saturated rings. The Balaban J connectivity index is 4.33. The quantitative estimate of drug-likeness (QED) is 0.581. The average Bonchev–Trinajstić information content (AvgIpc) is 2.14. The minimum Gasteiger partial charge on any atom is -0.241 e. The molecule has 0 rings (SSSR count). The highest BCUT2D eigenvalue weighted by molar-refractivity contribution is 4.82. The number of hydrogen-bond acceptors (Lipinski definition) is 0. The lowest BCUT2D eigenvalue weighted by Gasteiger charge is -2.29. The smallest absolute Gasteiger partial charge is 0.241 e. The molecule has 15 heavy (non-hydrogen) atoms. The van der Waals surface area contributed by atoms with E-state index in [0.717, 1.165) is 19.3 Å². The summed E-state index contributed by atoms with van der Waals surface area (Å²) in [4.78, 5) is 0. The highest BCUT2D eigenvalue weighted by Gasteiger charge is 2.41. The molecule has 0 saturated heterocycles. The van der Waals surface area contributed by atoms with Crippen LogP contribution in [0.15, 0.2) is 0 Å². The third-order valence-corrected chi connectivity index (χ3v) is 3.08. The third-order valence-electron chi connectivity index (χ3n) is 3.08. The molecule has 3 atom stereocenters. The van der Waals surface area contributed by atoms with E-state index < -0.39 is 18.0 Å². The topological polar surface area (TPSA) is 0 Å². The molecule has 0 aromatic rings. The van der Waals surface area contributed by atoms with E-state index in [1.54, 1.807) is 6.92 Å². The second-order valence-electron chi connectivity index (χ2n) is 4.55. The van der Waals surface area contributed by atoms with Gasteiger partial charge in [0.2, 0.25) is 0 Å². The molecule has 92 valence electrons. The van der Waals surface area contributed by atoms with Crippen molar-refractivity contribution in [3.8, 4) is 0 Å². The highest BCUT2D eigenvalue weighted by Crippen LogP contribution is 2.34. The number of alkyl halides is 3. The summed E-state index contributed by atoms with van der Waals surface area (Å²) in [5, 5.41) is 0. The molecule has 0 aliphatic rings. The van der Waals surface area contributed by atoms with Gasteiger partial charge in [-0.15, -0.1) is 0 Å². The Kier molecular flexibility index (Phi) is 6.30. The minimum absolute atomic E-state index is 0.0378. The molecule has 0 N–H and O–H groups in total. The zero-order valence-electron chi connectivity index (χ0n) is 10.2. The molecule has 0 nitrogen and oxygen atoms in total. The van der Waals surface area contributed by atoms with Gasteiger partial charge in [0.05, 0.1) is 0 Å². The molecule has 3 heteroatoms. The van der Waals surface area contributed by atoms with Gasteiger partial charge in [-0.1, -0.05) is 46.5 Å². The van der Waals surface area contributed by atoms with E-state index in [-0.39, 0.29) is 5.92 Å². The number of unbranched alkanes of at least 4 members (excludes halogenated alkanes) is 1. The number of halogens is 3. The van der Waals surface area contributed by atoms with E-state index in [9.17, 15) is 13.2 Å². The summed E-state index contributed by atoms with van der Waals surface area (Å²) in [7, 11) is 0. The molecule has 0 saturated carbocycles. The van der Waals surface area contributed by atoms with Crippen LogP contribution in [0.25, 0.3) is 0 Å². The van der Waals surface area contributed by atoms with Crippen molar-refractivity contribution in [3.63, 3.8) is 0 Å². The van der Waals surface area contributed by atoms with Gasteiger partial charge < -0.3 is 0 Å². The van der Waals surface area contributed by atoms with Crippen LogP contribution >= 0.6 is 0 Å². The van der Waals surface area contributed by atoms with Crippen LogP contribution in [0.1, 0.15) is 53.4 Å². The van der Waals surface area contributed by atoms with E-state index in [1.165, 1.54) is 0 Å². The van der Waals surface area contributed by atoms with Gasteiger partial charge >= 0.3 is 0 Å². The van der Waals surface area contributed by atoms with Gasteiger partial charge in [0, 0.05) is 6.92 Å². The van der Waals surface area contributed by atoms with Crippen molar-refractivity contribution in [1.82, 2.24) is 0 Å². The molecular weight excluding hydrogens is 201 g/mol. The second-order valence-corrected chi connectivity index (χ2v) is 4.55. The van der Waals surface area contributed by atoms with Crippen molar-refractivity contribution < 1.29 is 13.2 Å². The Labute approximate surface area is 91.3 Å². The van der Waals surface area contributed by atoms with Crippen molar-refractivity contribution in [2.75, 3.05) is 0 Å². The van der Waals surface area contributed by atoms with Crippen LogP contribution in [0, 0.1) is 11.8 Å². The fourth-order valence-corrected chi connectivity index (χ4v) is 2.01. The molecule has 0 aromatic heterocycles. The molecule has 0 amide bonds. The summed E-state index contributed by atoms with van der Waals surface area (Å²) in [6, 6.07) is 0. The molecule has 0 aromatic carbocycles. The van der Waals surface area contributed by atoms with Gasteiger partial charge in [-0.3, -0.25) is 0 Å². The lowest BCUT2D eigenvalue weighted by atomic mass is 9.82. The Morgan fingerprint density at radius 2 is 1.73 bits per heavy atom. The predicted molar refractivity (Wildman–Crippen MR) is 58.0 cm³/mol. The maximum Gasteiger partial charge on any atom is 0.276 e. The molecule has 0 radical (unpaired) electrons. The van der Waals surface area contributed by atoms with Crippen molar-refractivity contribution in [1.29, 1.82) is 0 Å². The minimum atomic E-state index is -3.21. The molecule has 0 aliphatic carbocycles. The van der Waals surface area contributed by atoms with Gasteiger partial charge in [-0.25, -0.2) is 13.2 Å². The lowest BCUT2D eigenvalue weighted by Crippen LogP contribution is -2.36. The SMILES string of the molecule is CCCCC(C)[C@@H](CC)C(F)C(C)(F)F. The monoisotopic (exact) mass is 224 g/mol. The zero-order chi connectivity index (χ0) is 12.1. The third kappa shape index (κ3) is 4.89. The maximum absolute atomic E-state index is 13.5. The summed E-state index contributed by atoms with van der Waals surface area (Å²) >= 11 is 0. The largest absolute Gasteiger partial charge is 0.276 e. The fourth-order valence-electron chi connectivity index (χ4n) is 2.01. The van der Waals surface area contributed by atoms with Gasteiger partial charge in [-0.05, 0) is 11.8 Å². The van der Waals surface area contributed by atoms with E-state index in [2.05, 4.69) is 6.92 Å². The number of hydrogen-bond donors (Lipinski definition) is 0. The molecular formula is C12H23F3. The van der Waals surface area contributed by atoms with Crippen molar-refractivity contribution in [2.24, 2.45) is 11.8 Å². The van der Waals surface area contributed by atoms with Crippen molar-refractivity contribution >= 4 is 0 Å². The summed E-state index contributed by atoms with van der Waals surface area (Å²) in [5.41, 5.74) is 0. The second kappa shape index (κ2) is 6.39. The molecule has 0 spiro atoms. The van der Waals surface area contributed by atoms with Gasteiger partial charge in [-0.2, -0.15) is 0 Å². The first-order chi connectivity index (χ1) is 6.84. The summed E-state index contributed by atoms with van der Waals surface area (Å²) in [6.07, 6.45) is 1.33. The van der Waals surface area contributed by atoms with E-state index >= 15 is 0 Å². The summed E-state index contributed by atoms with van der Waals surface area (Å²) in [5.74, 6) is -3.69. The van der Waals surface area contributed by atoms with Crippen LogP contribution in [0.4, 0.5) is 13.2 Å². The van der Waals surface area contributed by atoms with E-state index in [1.807, 2.05) is 6.92 Å². The predicted octanol–water partition coefficient (Wildman–Crippen LogP) is 4.83. The van der Waals surface area contributed by atoms with Crippen LogP contribution in [0.5, 0.6) is 0 Å². The molecule has 0 heterocycles. The first-order valence-corrected chi connectivity index (χ1v) is 5.86. The van der Waals surface area contributed by atoms with Crippen LogP contribution in [-0.4, -0.2) is 12.1 Å². The molecule has 0 bridgehead atoms. The highest BCUT2D eigenvalue weighted by atomic mass is 19.3. The molecule has 2 unspecified atom stereocenters. The fraction of sp³-hybridized carbons (Fsp3) is 1.00. The van der Waals surface area contributed by atoms with Gasteiger partial charge in [0.25, 0.3) is 5.92 Å². The lowest BCUT2D eigenvalue weighted by molar-refractivity contribution is -0.0887. The Bertz CT molecular complexity index is 163. The van der Waals surface area contributed by atoms with Gasteiger partial charge in [0.15, 0.2) is 6.17 Å². The van der Waals surface area contributed by atoms with E-state index in [4.69, 9.17) is 0 Å². The summed E-state index contributed by atoms with van der Waals surface area (Å²) < 4.78 is 39.2. The van der Waals surface area contributed by atoms with Crippen LogP contribution in [0.3, 0.4) is 0 Å². The Morgan fingerprint density at radius 1 is 1.20 bits per heavy atom. The average molecular weight is 224 g/mol.